The molecule has 0 aliphatic heterocycles. The quantitative estimate of drug-likeness (QED) is 0.846. The van der Waals surface area contributed by atoms with Crippen molar-refractivity contribution in [2.75, 3.05) is 6.61 Å². The van der Waals surface area contributed by atoms with Crippen LogP contribution in [0.5, 0.6) is 0 Å². The summed E-state index contributed by atoms with van der Waals surface area (Å²) in [5.74, 6) is 0.738. The van der Waals surface area contributed by atoms with E-state index in [-0.39, 0.29) is 5.41 Å². The summed E-state index contributed by atoms with van der Waals surface area (Å²) >= 11 is 2.32. The van der Waals surface area contributed by atoms with E-state index < -0.39 is 0 Å². The van der Waals surface area contributed by atoms with Crippen LogP contribution < -0.4 is 0 Å². The van der Waals surface area contributed by atoms with Crippen molar-refractivity contribution in [3.8, 4) is 0 Å². The largest absolute Gasteiger partial charge is 0.396 e. The molecule has 1 aromatic rings. The summed E-state index contributed by atoms with van der Waals surface area (Å²) in [6.07, 6.45) is 3.59. The molecule has 1 N–H and O–H groups in total. The van der Waals surface area contributed by atoms with Crippen molar-refractivity contribution in [2.45, 2.75) is 26.2 Å². The van der Waals surface area contributed by atoms with Gasteiger partial charge in [-0.25, -0.2) is 0 Å². The lowest BCUT2D eigenvalue weighted by Crippen LogP contribution is -2.26. The van der Waals surface area contributed by atoms with Crippen LogP contribution in [-0.2, 0) is 6.42 Å². The molecule has 1 aromatic carbocycles. The van der Waals surface area contributed by atoms with Gasteiger partial charge in [0.05, 0.1) is 0 Å². The maximum Gasteiger partial charge on any atom is 0.0490 e. The van der Waals surface area contributed by atoms with Crippen LogP contribution in [0.15, 0.2) is 24.3 Å². The fourth-order valence-electron chi connectivity index (χ4n) is 2.18. The van der Waals surface area contributed by atoms with Gasteiger partial charge in [-0.15, -0.1) is 0 Å². The molecule has 1 nitrogen and oxygen atoms in total. The minimum absolute atomic E-state index is 0.104. The Hall–Kier alpha value is -0.0900. The summed E-state index contributed by atoms with van der Waals surface area (Å²) in [6, 6.07) is 8.64. The van der Waals surface area contributed by atoms with Gasteiger partial charge in [0.2, 0.25) is 0 Å². The van der Waals surface area contributed by atoms with Crippen LogP contribution in [0.1, 0.15) is 25.3 Å². The highest BCUT2D eigenvalue weighted by Crippen LogP contribution is 2.47. The number of halogens is 1. The molecule has 1 unspecified atom stereocenters. The Morgan fingerprint density at radius 2 is 1.93 bits per heavy atom. The van der Waals surface area contributed by atoms with Gasteiger partial charge in [0.15, 0.2) is 0 Å². The zero-order valence-corrected chi connectivity index (χ0v) is 11.2. The average molecular weight is 316 g/mol. The molecule has 1 atom stereocenters. The summed E-state index contributed by atoms with van der Waals surface area (Å²) < 4.78 is 1.27. The fourth-order valence-corrected chi connectivity index (χ4v) is 2.54. The van der Waals surface area contributed by atoms with E-state index in [1.165, 1.54) is 22.0 Å². The standard InChI is InChI=1S/C13H17IO/c1-13(9-15,11-4-5-11)8-10-2-6-12(14)7-3-10/h2-3,6-7,11,15H,4-5,8-9H2,1H3. The SMILES string of the molecule is CC(CO)(Cc1ccc(I)cc1)C1CC1. The van der Waals surface area contributed by atoms with E-state index in [0.717, 1.165) is 12.3 Å². The maximum atomic E-state index is 9.51. The molecular formula is C13H17IO. The van der Waals surface area contributed by atoms with Crippen LogP contribution in [0.3, 0.4) is 0 Å². The molecule has 1 aliphatic rings. The first-order valence-corrected chi connectivity index (χ1v) is 6.57. The molecule has 1 aliphatic carbocycles. The van der Waals surface area contributed by atoms with Gasteiger partial charge in [-0.1, -0.05) is 19.1 Å². The molecule has 15 heavy (non-hydrogen) atoms. The maximum absolute atomic E-state index is 9.51. The predicted molar refractivity (Wildman–Crippen MR) is 70.8 cm³/mol. The van der Waals surface area contributed by atoms with Gasteiger partial charge in [-0.3, -0.25) is 0 Å². The van der Waals surface area contributed by atoms with E-state index in [1.807, 2.05) is 0 Å². The third kappa shape index (κ3) is 2.72. The highest BCUT2D eigenvalue weighted by molar-refractivity contribution is 14.1. The van der Waals surface area contributed by atoms with Gasteiger partial charge in [0.25, 0.3) is 0 Å². The molecule has 0 radical (unpaired) electrons. The van der Waals surface area contributed by atoms with E-state index in [9.17, 15) is 5.11 Å². The van der Waals surface area contributed by atoms with Crippen LogP contribution in [0.2, 0.25) is 0 Å². The first-order valence-electron chi connectivity index (χ1n) is 5.49. The molecule has 0 saturated heterocycles. The van der Waals surface area contributed by atoms with E-state index >= 15 is 0 Å². The number of aliphatic hydroxyl groups excluding tert-OH is 1. The molecule has 1 saturated carbocycles. The monoisotopic (exact) mass is 316 g/mol. The zero-order valence-electron chi connectivity index (χ0n) is 9.04. The number of rotatable bonds is 4. The summed E-state index contributed by atoms with van der Waals surface area (Å²) in [5.41, 5.74) is 1.45. The van der Waals surface area contributed by atoms with Gasteiger partial charge in [-0.2, -0.15) is 0 Å². The lowest BCUT2D eigenvalue weighted by Gasteiger charge is -2.27. The molecule has 0 bridgehead atoms. The molecule has 0 heterocycles. The predicted octanol–water partition coefficient (Wildman–Crippen LogP) is 3.24. The fraction of sp³-hybridized carbons (Fsp3) is 0.538. The second-order valence-corrected chi connectivity index (χ2v) is 6.14. The minimum Gasteiger partial charge on any atom is -0.396 e. The van der Waals surface area contributed by atoms with Crippen molar-refractivity contribution in [1.82, 2.24) is 0 Å². The van der Waals surface area contributed by atoms with Crippen LogP contribution in [-0.4, -0.2) is 11.7 Å². The Labute approximate surface area is 105 Å². The highest BCUT2D eigenvalue weighted by Gasteiger charge is 2.40. The van der Waals surface area contributed by atoms with Crippen molar-refractivity contribution < 1.29 is 5.11 Å². The number of benzene rings is 1. The number of aliphatic hydroxyl groups is 1. The molecular weight excluding hydrogens is 299 g/mol. The lowest BCUT2D eigenvalue weighted by atomic mass is 9.80. The van der Waals surface area contributed by atoms with Crippen molar-refractivity contribution in [3.63, 3.8) is 0 Å². The summed E-state index contributed by atoms with van der Waals surface area (Å²) in [5, 5.41) is 9.51. The van der Waals surface area contributed by atoms with Crippen molar-refractivity contribution >= 4 is 22.6 Å². The van der Waals surface area contributed by atoms with Gasteiger partial charge in [-0.05, 0) is 70.9 Å². The summed E-state index contributed by atoms with van der Waals surface area (Å²) in [4.78, 5) is 0. The first kappa shape index (κ1) is 11.4. The Bertz CT molecular complexity index is 329. The zero-order chi connectivity index (χ0) is 10.9. The van der Waals surface area contributed by atoms with E-state index in [0.29, 0.717) is 6.61 Å². The van der Waals surface area contributed by atoms with E-state index in [4.69, 9.17) is 0 Å². The summed E-state index contributed by atoms with van der Waals surface area (Å²) in [6.45, 7) is 2.52. The summed E-state index contributed by atoms with van der Waals surface area (Å²) in [7, 11) is 0. The number of hydrogen-bond acceptors (Lipinski definition) is 1. The van der Waals surface area contributed by atoms with Gasteiger partial charge >= 0.3 is 0 Å². The first-order chi connectivity index (χ1) is 7.14. The van der Waals surface area contributed by atoms with E-state index in [2.05, 4.69) is 53.8 Å². The Morgan fingerprint density at radius 1 is 1.33 bits per heavy atom. The highest BCUT2D eigenvalue weighted by atomic mass is 127. The van der Waals surface area contributed by atoms with Crippen LogP contribution in [0, 0.1) is 14.9 Å². The molecule has 1 fully saturated rings. The molecule has 0 spiro atoms. The molecule has 0 amide bonds. The normalized spacial score (nSPS) is 19.9. The van der Waals surface area contributed by atoms with Crippen molar-refractivity contribution in [2.24, 2.45) is 11.3 Å². The Kier molecular flexibility index (Phi) is 3.36. The van der Waals surface area contributed by atoms with Crippen LogP contribution in [0.4, 0.5) is 0 Å². The third-order valence-electron chi connectivity index (χ3n) is 3.45. The van der Waals surface area contributed by atoms with Crippen molar-refractivity contribution in [1.29, 1.82) is 0 Å². The smallest absolute Gasteiger partial charge is 0.0490 e. The van der Waals surface area contributed by atoms with Crippen molar-refractivity contribution in [3.05, 3.63) is 33.4 Å². The van der Waals surface area contributed by atoms with Gasteiger partial charge in [0.1, 0.15) is 0 Å². The third-order valence-corrected chi connectivity index (χ3v) is 4.16. The Morgan fingerprint density at radius 3 is 2.40 bits per heavy atom. The van der Waals surface area contributed by atoms with Gasteiger partial charge in [0, 0.05) is 10.2 Å². The molecule has 2 heteroatoms. The molecule has 0 aromatic heterocycles. The number of hydrogen-bond donors (Lipinski definition) is 1. The topological polar surface area (TPSA) is 20.2 Å². The second-order valence-electron chi connectivity index (χ2n) is 4.89. The molecule has 2 rings (SSSR count). The average Bonchev–Trinajstić information content (AvgIpc) is 3.05. The second kappa shape index (κ2) is 4.42. The van der Waals surface area contributed by atoms with Gasteiger partial charge < -0.3 is 5.11 Å². The van der Waals surface area contributed by atoms with E-state index in [1.54, 1.807) is 0 Å². The molecule has 82 valence electrons. The minimum atomic E-state index is 0.104. The van der Waals surface area contributed by atoms with Crippen LogP contribution in [0.25, 0.3) is 0 Å². The lowest BCUT2D eigenvalue weighted by molar-refractivity contribution is 0.119. The Balaban J connectivity index is 2.09. The van der Waals surface area contributed by atoms with Crippen LogP contribution >= 0.6 is 22.6 Å².